The Bertz CT molecular complexity index is 720. The maximum Gasteiger partial charge on any atom is 0.410 e. The van der Waals surface area contributed by atoms with Gasteiger partial charge in [0.2, 0.25) is 0 Å². The summed E-state index contributed by atoms with van der Waals surface area (Å²) in [5.41, 5.74) is 3.09. The molecule has 134 valence electrons. The van der Waals surface area contributed by atoms with E-state index < -0.39 is 5.60 Å². The summed E-state index contributed by atoms with van der Waals surface area (Å²) >= 11 is 0. The Labute approximate surface area is 149 Å². The molecule has 25 heavy (non-hydrogen) atoms. The first kappa shape index (κ1) is 17.5. The topological polar surface area (TPSA) is 47.4 Å². The van der Waals surface area contributed by atoms with Gasteiger partial charge in [-0.05, 0) is 58.7 Å². The first-order chi connectivity index (χ1) is 11.8. The molecule has 2 aromatic rings. The smallest absolute Gasteiger partial charge is 0.410 e. The van der Waals surface area contributed by atoms with Gasteiger partial charge in [-0.25, -0.2) is 9.48 Å². The summed E-state index contributed by atoms with van der Waals surface area (Å²) < 4.78 is 7.50. The third-order valence-corrected chi connectivity index (χ3v) is 4.52. The molecular formula is C20H27N3O2. The largest absolute Gasteiger partial charge is 0.444 e. The van der Waals surface area contributed by atoms with E-state index in [-0.39, 0.29) is 6.09 Å². The van der Waals surface area contributed by atoms with Crippen molar-refractivity contribution in [1.29, 1.82) is 0 Å². The maximum absolute atomic E-state index is 12.2. The lowest BCUT2D eigenvalue weighted by atomic mass is 9.93. The number of hydrogen-bond acceptors (Lipinski definition) is 3. The number of amides is 1. The van der Waals surface area contributed by atoms with Gasteiger partial charge < -0.3 is 9.64 Å². The van der Waals surface area contributed by atoms with Gasteiger partial charge in [0.15, 0.2) is 0 Å². The van der Waals surface area contributed by atoms with Crippen molar-refractivity contribution in [2.45, 2.75) is 52.1 Å². The lowest BCUT2D eigenvalue weighted by Gasteiger charge is -2.33. The van der Waals surface area contributed by atoms with Gasteiger partial charge in [-0.2, -0.15) is 5.10 Å². The van der Waals surface area contributed by atoms with E-state index in [1.165, 1.54) is 11.3 Å². The van der Waals surface area contributed by atoms with Gasteiger partial charge in [-0.15, -0.1) is 0 Å². The highest BCUT2D eigenvalue weighted by molar-refractivity contribution is 5.68. The molecule has 1 aromatic carbocycles. The standard InChI is InChI=1S/C20H27N3O2/c1-15-5-7-17(8-6-15)23-18(9-12-21-23)16-10-13-22(14-11-16)19(24)25-20(2,3)4/h5-9,12,16H,10-11,13-14H2,1-4H3. The number of likely N-dealkylation sites (tertiary alicyclic amines) is 1. The molecule has 1 fully saturated rings. The fourth-order valence-electron chi connectivity index (χ4n) is 3.21. The van der Waals surface area contributed by atoms with Crippen molar-refractivity contribution in [3.8, 4) is 5.69 Å². The van der Waals surface area contributed by atoms with Crippen molar-refractivity contribution in [1.82, 2.24) is 14.7 Å². The Balaban J connectivity index is 1.67. The second-order valence-corrected chi connectivity index (χ2v) is 7.75. The monoisotopic (exact) mass is 341 g/mol. The van der Waals surface area contributed by atoms with Crippen LogP contribution in [-0.2, 0) is 4.74 Å². The van der Waals surface area contributed by atoms with Gasteiger partial charge in [0.05, 0.1) is 5.69 Å². The van der Waals surface area contributed by atoms with E-state index in [2.05, 4.69) is 42.4 Å². The van der Waals surface area contributed by atoms with Crippen LogP contribution in [-0.4, -0.2) is 39.5 Å². The molecule has 0 spiro atoms. The van der Waals surface area contributed by atoms with Crippen molar-refractivity contribution in [3.05, 3.63) is 47.8 Å². The number of nitrogens with zero attached hydrogens (tertiary/aromatic N) is 3. The van der Waals surface area contributed by atoms with Crippen LogP contribution < -0.4 is 0 Å². The quantitative estimate of drug-likeness (QED) is 0.818. The number of aromatic nitrogens is 2. The Hall–Kier alpha value is -2.30. The number of hydrogen-bond donors (Lipinski definition) is 0. The van der Waals surface area contributed by atoms with Crippen molar-refractivity contribution >= 4 is 6.09 Å². The predicted octanol–water partition coefficient (Wildman–Crippen LogP) is 4.30. The summed E-state index contributed by atoms with van der Waals surface area (Å²) in [4.78, 5) is 14.0. The van der Waals surface area contributed by atoms with E-state index >= 15 is 0 Å². The fraction of sp³-hybridized carbons (Fsp3) is 0.500. The fourth-order valence-corrected chi connectivity index (χ4v) is 3.21. The normalized spacial score (nSPS) is 16.1. The number of ether oxygens (including phenoxy) is 1. The molecule has 3 rings (SSSR count). The third kappa shape index (κ3) is 4.21. The average molecular weight is 341 g/mol. The molecule has 1 aliphatic rings. The molecule has 2 heterocycles. The van der Waals surface area contributed by atoms with Crippen LogP contribution in [0.3, 0.4) is 0 Å². The van der Waals surface area contributed by atoms with Crippen LogP contribution in [0.4, 0.5) is 4.79 Å². The molecule has 0 atom stereocenters. The lowest BCUT2D eigenvalue weighted by molar-refractivity contribution is 0.0203. The minimum absolute atomic E-state index is 0.210. The van der Waals surface area contributed by atoms with Crippen molar-refractivity contribution in [2.75, 3.05) is 13.1 Å². The van der Waals surface area contributed by atoms with E-state index in [4.69, 9.17) is 4.74 Å². The van der Waals surface area contributed by atoms with Crippen molar-refractivity contribution in [3.63, 3.8) is 0 Å². The summed E-state index contributed by atoms with van der Waals surface area (Å²) in [6, 6.07) is 10.5. The number of rotatable bonds is 2. The maximum atomic E-state index is 12.2. The van der Waals surface area contributed by atoms with E-state index in [0.29, 0.717) is 5.92 Å². The summed E-state index contributed by atoms with van der Waals surface area (Å²) in [6.07, 6.45) is 3.50. The Morgan fingerprint density at radius 2 is 1.76 bits per heavy atom. The van der Waals surface area contributed by atoms with E-state index in [9.17, 15) is 4.79 Å². The number of carbonyl (C=O) groups is 1. The second kappa shape index (κ2) is 6.90. The molecule has 0 saturated carbocycles. The zero-order valence-electron chi connectivity index (χ0n) is 15.5. The van der Waals surface area contributed by atoms with Crippen LogP contribution in [0.25, 0.3) is 5.69 Å². The molecule has 1 amide bonds. The van der Waals surface area contributed by atoms with Crippen LogP contribution in [0, 0.1) is 6.92 Å². The van der Waals surface area contributed by atoms with Gasteiger partial charge >= 0.3 is 6.09 Å². The minimum atomic E-state index is -0.446. The third-order valence-electron chi connectivity index (χ3n) is 4.52. The number of carbonyl (C=O) groups excluding carboxylic acids is 1. The summed E-state index contributed by atoms with van der Waals surface area (Å²) in [5.74, 6) is 0.405. The van der Waals surface area contributed by atoms with E-state index in [1.54, 1.807) is 0 Å². The lowest BCUT2D eigenvalue weighted by Crippen LogP contribution is -2.41. The van der Waals surface area contributed by atoms with Crippen molar-refractivity contribution < 1.29 is 9.53 Å². The molecule has 0 aliphatic carbocycles. The highest BCUT2D eigenvalue weighted by atomic mass is 16.6. The summed E-state index contributed by atoms with van der Waals surface area (Å²) in [5, 5.41) is 4.51. The van der Waals surface area contributed by atoms with Crippen LogP contribution in [0.1, 0.15) is 50.8 Å². The number of piperidine rings is 1. The van der Waals surface area contributed by atoms with Crippen LogP contribution in [0.15, 0.2) is 36.5 Å². The molecule has 0 unspecified atom stereocenters. The zero-order chi connectivity index (χ0) is 18.0. The van der Waals surface area contributed by atoms with E-state index in [0.717, 1.165) is 31.6 Å². The SMILES string of the molecule is Cc1ccc(-n2nccc2C2CCN(C(=O)OC(C)(C)C)CC2)cc1. The molecule has 1 aliphatic heterocycles. The highest BCUT2D eigenvalue weighted by Crippen LogP contribution is 2.30. The van der Waals surface area contributed by atoms with Crippen LogP contribution >= 0.6 is 0 Å². The molecule has 1 saturated heterocycles. The molecule has 5 nitrogen and oxygen atoms in total. The van der Waals surface area contributed by atoms with E-state index in [1.807, 2.05) is 36.5 Å². The first-order valence-electron chi connectivity index (χ1n) is 8.92. The molecule has 5 heteroatoms. The van der Waals surface area contributed by atoms with Crippen LogP contribution in [0.2, 0.25) is 0 Å². The molecule has 0 radical (unpaired) electrons. The van der Waals surface area contributed by atoms with Crippen molar-refractivity contribution in [2.24, 2.45) is 0 Å². The van der Waals surface area contributed by atoms with Gasteiger partial charge in [-0.3, -0.25) is 0 Å². The van der Waals surface area contributed by atoms with Gasteiger partial charge in [0, 0.05) is 30.9 Å². The minimum Gasteiger partial charge on any atom is -0.444 e. The highest BCUT2D eigenvalue weighted by Gasteiger charge is 2.28. The predicted molar refractivity (Wildman–Crippen MR) is 98.1 cm³/mol. The van der Waals surface area contributed by atoms with Gasteiger partial charge in [-0.1, -0.05) is 17.7 Å². The Morgan fingerprint density at radius 1 is 1.12 bits per heavy atom. The molecule has 1 aromatic heterocycles. The molecule has 0 N–H and O–H groups in total. The van der Waals surface area contributed by atoms with Gasteiger partial charge in [0.1, 0.15) is 5.60 Å². The van der Waals surface area contributed by atoms with Crippen LogP contribution in [0.5, 0.6) is 0 Å². The Kier molecular flexibility index (Phi) is 4.84. The van der Waals surface area contributed by atoms with Gasteiger partial charge in [0.25, 0.3) is 0 Å². The number of aryl methyl sites for hydroxylation is 1. The molecular weight excluding hydrogens is 314 g/mol. The summed E-state index contributed by atoms with van der Waals surface area (Å²) in [6.45, 7) is 9.23. The molecule has 0 bridgehead atoms. The second-order valence-electron chi connectivity index (χ2n) is 7.75. The summed E-state index contributed by atoms with van der Waals surface area (Å²) in [7, 11) is 0. The first-order valence-corrected chi connectivity index (χ1v) is 8.92. The average Bonchev–Trinajstić information content (AvgIpc) is 3.04. The zero-order valence-corrected chi connectivity index (χ0v) is 15.5. The number of benzene rings is 1. The Morgan fingerprint density at radius 3 is 2.36 bits per heavy atom.